The SMILES string of the molecule is C=C(CCNC(=O)c1cccc(C)c1)C(=O)OCC. The summed E-state index contributed by atoms with van der Waals surface area (Å²) in [5.41, 5.74) is 2.01. The first-order valence-corrected chi connectivity index (χ1v) is 6.24. The number of nitrogens with one attached hydrogen (secondary N) is 1. The molecule has 1 N–H and O–H groups in total. The van der Waals surface area contributed by atoms with Crippen molar-refractivity contribution in [3.05, 3.63) is 47.5 Å². The molecule has 0 aliphatic carbocycles. The second kappa shape index (κ2) is 7.36. The number of rotatable bonds is 6. The van der Waals surface area contributed by atoms with Crippen molar-refractivity contribution < 1.29 is 14.3 Å². The van der Waals surface area contributed by atoms with Gasteiger partial charge in [-0.3, -0.25) is 4.79 Å². The Balaban J connectivity index is 2.39. The number of benzene rings is 1. The van der Waals surface area contributed by atoms with Crippen LogP contribution >= 0.6 is 0 Å². The highest BCUT2D eigenvalue weighted by Crippen LogP contribution is 2.04. The zero-order chi connectivity index (χ0) is 14.3. The number of esters is 1. The molecule has 4 heteroatoms. The van der Waals surface area contributed by atoms with E-state index in [-0.39, 0.29) is 5.91 Å². The standard InChI is InChI=1S/C15H19NO3/c1-4-19-15(18)12(3)8-9-16-14(17)13-7-5-6-11(2)10-13/h5-7,10H,3-4,8-9H2,1-2H3,(H,16,17). The number of hydrogen-bond acceptors (Lipinski definition) is 3. The third kappa shape index (κ3) is 4.95. The van der Waals surface area contributed by atoms with Crippen molar-refractivity contribution in [3.8, 4) is 0 Å². The minimum atomic E-state index is -0.410. The maximum absolute atomic E-state index is 11.8. The normalized spacial score (nSPS) is 9.79. The maximum atomic E-state index is 11.8. The third-order valence-electron chi connectivity index (χ3n) is 2.56. The smallest absolute Gasteiger partial charge is 0.333 e. The van der Waals surface area contributed by atoms with Gasteiger partial charge in [-0.15, -0.1) is 0 Å². The van der Waals surface area contributed by atoms with E-state index >= 15 is 0 Å². The number of aryl methyl sites for hydroxylation is 1. The molecule has 0 aliphatic heterocycles. The number of carbonyl (C=O) groups is 2. The van der Waals surface area contributed by atoms with E-state index in [1.165, 1.54) is 0 Å². The average molecular weight is 261 g/mol. The van der Waals surface area contributed by atoms with E-state index in [0.29, 0.717) is 30.7 Å². The molecule has 0 bridgehead atoms. The lowest BCUT2D eigenvalue weighted by atomic mass is 10.1. The summed E-state index contributed by atoms with van der Waals surface area (Å²) in [5, 5.41) is 2.75. The summed E-state index contributed by atoms with van der Waals surface area (Å²) >= 11 is 0. The van der Waals surface area contributed by atoms with Gasteiger partial charge in [0, 0.05) is 17.7 Å². The van der Waals surface area contributed by atoms with Gasteiger partial charge < -0.3 is 10.1 Å². The van der Waals surface area contributed by atoms with Gasteiger partial charge in [0.05, 0.1) is 6.61 Å². The molecular weight excluding hydrogens is 242 g/mol. The van der Waals surface area contributed by atoms with E-state index in [1.54, 1.807) is 13.0 Å². The Morgan fingerprint density at radius 1 is 1.37 bits per heavy atom. The summed E-state index contributed by atoms with van der Waals surface area (Å²) in [6.45, 7) is 7.99. The lowest BCUT2D eigenvalue weighted by Crippen LogP contribution is -2.25. The van der Waals surface area contributed by atoms with Gasteiger partial charge in [0.15, 0.2) is 0 Å². The Morgan fingerprint density at radius 2 is 2.11 bits per heavy atom. The third-order valence-corrected chi connectivity index (χ3v) is 2.56. The Bertz CT molecular complexity index is 480. The van der Waals surface area contributed by atoms with Gasteiger partial charge in [-0.2, -0.15) is 0 Å². The minimum Gasteiger partial charge on any atom is -0.463 e. The molecule has 0 heterocycles. The topological polar surface area (TPSA) is 55.4 Å². The zero-order valence-electron chi connectivity index (χ0n) is 11.4. The lowest BCUT2D eigenvalue weighted by Gasteiger charge is -2.07. The molecule has 0 unspecified atom stereocenters. The van der Waals surface area contributed by atoms with Gasteiger partial charge in [-0.1, -0.05) is 24.3 Å². The second-order valence-electron chi connectivity index (χ2n) is 4.20. The molecule has 0 fully saturated rings. The van der Waals surface area contributed by atoms with Crippen LogP contribution in [-0.2, 0) is 9.53 Å². The summed E-state index contributed by atoms with van der Waals surface area (Å²) in [5.74, 6) is -0.562. The first kappa shape index (κ1) is 15.0. The van der Waals surface area contributed by atoms with Crippen molar-refractivity contribution in [2.75, 3.05) is 13.2 Å². The number of ether oxygens (including phenoxy) is 1. The van der Waals surface area contributed by atoms with Crippen LogP contribution < -0.4 is 5.32 Å². The molecule has 0 atom stereocenters. The van der Waals surface area contributed by atoms with E-state index < -0.39 is 5.97 Å². The Labute approximate surface area is 113 Å². The zero-order valence-corrected chi connectivity index (χ0v) is 11.4. The highest BCUT2D eigenvalue weighted by atomic mass is 16.5. The molecule has 102 valence electrons. The Hall–Kier alpha value is -2.10. The van der Waals surface area contributed by atoms with Crippen molar-refractivity contribution >= 4 is 11.9 Å². The number of amides is 1. The van der Waals surface area contributed by atoms with Crippen LogP contribution in [0.4, 0.5) is 0 Å². The largest absolute Gasteiger partial charge is 0.463 e. The highest BCUT2D eigenvalue weighted by molar-refractivity contribution is 5.94. The summed E-state index contributed by atoms with van der Waals surface area (Å²) in [6.07, 6.45) is 0.385. The van der Waals surface area contributed by atoms with E-state index in [1.807, 2.05) is 25.1 Å². The molecule has 1 rings (SSSR count). The fourth-order valence-corrected chi connectivity index (χ4v) is 1.55. The summed E-state index contributed by atoms with van der Waals surface area (Å²) in [6, 6.07) is 7.33. The van der Waals surface area contributed by atoms with Gasteiger partial charge >= 0.3 is 5.97 Å². The van der Waals surface area contributed by atoms with E-state index in [0.717, 1.165) is 5.56 Å². The maximum Gasteiger partial charge on any atom is 0.333 e. The fourth-order valence-electron chi connectivity index (χ4n) is 1.55. The molecule has 1 aromatic carbocycles. The van der Waals surface area contributed by atoms with Crippen molar-refractivity contribution in [1.82, 2.24) is 5.32 Å². The van der Waals surface area contributed by atoms with Crippen molar-refractivity contribution in [2.24, 2.45) is 0 Å². The van der Waals surface area contributed by atoms with Crippen LogP contribution in [0.1, 0.15) is 29.3 Å². The first-order valence-electron chi connectivity index (χ1n) is 6.24. The molecule has 1 amide bonds. The van der Waals surface area contributed by atoms with Crippen LogP contribution in [0.2, 0.25) is 0 Å². The number of carbonyl (C=O) groups excluding carboxylic acids is 2. The van der Waals surface area contributed by atoms with Crippen LogP contribution in [0.15, 0.2) is 36.4 Å². The first-order chi connectivity index (χ1) is 9.04. The average Bonchev–Trinajstić information content (AvgIpc) is 2.38. The van der Waals surface area contributed by atoms with Gasteiger partial charge in [0.25, 0.3) is 5.91 Å². The van der Waals surface area contributed by atoms with Crippen molar-refractivity contribution in [2.45, 2.75) is 20.3 Å². The van der Waals surface area contributed by atoms with E-state index in [4.69, 9.17) is 4.74 Å². The second-order valence-corrected chi connectivity index (χ2v) is 4.20. The monoisotopic (exact) mass is 261 g/mol. The molecule has 4 nitrogen and oxygen atoms in total. The summed E-state index contributed by atoms with van der Waals surface area (Å²) in [4.78, 5) is 23.1. The molecule has 0 aromatic heterocycles. The van der Waals surface area contributed by atoms with Gasteiger partial charge in [-0.05, 0) is 32.4 Å². The Morgan fingerprint density at radius 3 is 2.74 bits per heavy atom. The van der Waals surface area contributed by atoms with Crippen molar-refractivity contribution in [1.29, 1.82) is 0 Å². The quantitative estimate of drug-likeness (QED) is 0.631. The van der Waals surface area contributed by atoms with Crippen LogP contribution in [-0.4, -0.2) is 25.0 Å². The van der Waals surface area contributed by atoms with Crippen LogP contribution in [0, 0.1) is 6.92 Å². The summed E-state index contributed by atoms with van der Waals surface area (Å²) in [7, 11) is 0. The van der Waals surface area contributed by atoms with E-state index in [2.05, 4.69) is 11.9 Å². The number of hydrogen-bond donors (Lipinski definition) is 1. The molecule has 0 spiro atoms. The predicted octanol–water partition coefficient (Wildman–Crippen LogP) is 2.23. The molecule has 0 saturated heterocycles. The van der Waals surface area contributed by atoms with Gasteiger partial charge in [0.1, 0.15) is 0 Å². The molecular formula is C15H19NO3. The molecule has 19 heavy (non-hydrogen) atoms. The Kier molecular flexibility index (Phi) is 5.79. The molecule has 1 aromatic rings. The summed E-state index contributed by atoms with van der Waals surface area (Å²) < 4.78 is 4.81. The van der Waals surface area contributed by atoms with Gasteiger partial charge in [0.2, 0.25) is 0 Å². The minimum absolute atomic E-state index is 0.152. The fraction of sp³-hybridized carbons (Fsp3) is 0.333. The lowest BCUT2D eigenvalue weighted by molar-refractivity contribution is -0.138. The molecule has 0 radical (unpaired) electrons. The molecule has 0 aliphatic rings. The molecule has 0 saturated carbocycles. The highest BCUT2D eigenvalue weighted by Gasteiger charge is 2.09. The predicted molar refractivity (Wildman–Crippen MR) is 73.9 cm³/mol. The van der Waals surface area contributed by atoms with Crippen molar-refractivity contribution in [3.63, 3.8) is 0 Å². The van der Waals surface area contributed by atoms with Gasteiger partial charge in [-0.25, -0.2) is 4.79 Å². The van der Waals surface area contributed by atoms with E-state index in [9.17, 15) is 9.59 Å². The van der Waals surface area contributed by atoms with Crippen LogP contribution in [0.25, 0.3) is 0 Å². The van der Waals surface area contributed by atoms with Crippen LogP contribution in [0.5, 0.6) is 0 Å². The van der Waals surface area contributed by atoms with Crippen LogP contribution in [0.3, 0.4) is 0 Å².